The van der Waals surface area contributed by atoms with Crippen molar-refractivity contribution < 1.29 is 19.4 Å². The van der Waals surface area contributed by atoms with Gasteiger partial charge in [0.1, 0.15) is 6.61 Å². The van der Waals surface area contributed by atoms with Gasteiger partial charge in [-0.05, 0) is 25.8 Å². The van der Waals surface area contributed by atoms with Crippen LogP contribution in [0.2, 0.25) is 0 Å². The summed E-state index contributed by atoms with van der Waals surface area (Å²) in [7, 11) is 0. The van der Waals surface area contributed by atoms with Gasteiger partial charge in [0.25, 0.3) is 0 Å². The van der Waals surface area contributed by atoms with E-state index in [9.17, 15) is 9.59 Å². The van der Waals surface area contributed by atoms with E-state index in [0.29, 0.717) is 6.61 Å². The number of aliphatic carboxylic acids is 1. The van der Waals surface area contributed by atoms with Gasteiger partial charge < -0.3 is 15.2 Å². The molecule has 1 aromatic carbocycles. The van der Waals surface area contributed by atoms with E-state index in [0.717, 1.165) is 12.0 Å². The van der Waals surface area contributed by atoms with Crippen molar-refractivity contribution in [3.05, 3.63) is 35.9 Å². The fourth-order valence-electron chi connectivity index (χ4n) is 1.63. The second kappa shape index (κ2) is 8.32. The van der Waals surface area contributed by atoms with Crippen molar-refractivity contribution in [2.75, 3.05) is 13.2 Å². The Kier molecular flexibility index (Phi) is 6.73. The van der Waals surface area contributed by atoms with Gasteiger partial charge >= 0.3 is 5.97 Å². The quantitative estimate of drug-likeness (QED) is 0.707. The molecule has 2 unspecified atom stereocenters. The van der Waals surface area contributed by atoms with Gasteiger partial charge in [0.05, 0.1) is 12.5 Å². The molecule has 0 aromatic heterocycles. The van der Waals surface area contributed by atoms with Crippen LogP contribution >= 0.6 is 0 Å². The number of nitrogens with one attached hydrogen (secondary N) is 1. The summed E-state index contributed by atoms with van der Waals surface area (Å²) in [6.45, 7) is 3.63. The minimum Gasteiger partial charge on any atom is -0.481 e. The maximum absolute atomic E-state index is 11.6. The first-order valence-corrected chi connectivity index (χ1v) is 6.64. The van der Waals surface area contributed by atoms with Crippen LogP contribution in [0.25, 0.3) is 0 Å². The third kappa shape index (κ3) is 5.84. The molecule has 0 saturated heterocycles. The number of amides is 1. The molecule has 0 saturated carbocycles. The average Bonchev–Trinajstić information content (AvgIpc) is 2.43. The molecule has 0 aliphatic heterocycles. The Morgan fingerprint density at radius 3 is 2.50 bits per heavy atom. The first-order valence-electron chi connectivity index (χ1n) is 6.64. The predicted octanol–water partition coefficient (Wildman–Crippen LogP) is 1.47. The molecule has 0 aliphatic rings. The molecule has 5 nitrogen and oxygen atoms in total. The molecule has 2 atom stereocenters. The normalized spacial score (nSPS) is 13.5. The lowest BCUT2D eigenvalue weighted by molar-refractivity contribution is -0.142. The van der Waals surface area contributed by atoms with E-state index in [1.807, 2.05) is 30.3 Å². The molecular formula is C15H21NO4. The van der Waals surface area contributed by atoms with Crippen LogP contribution in [-0.4, -0.2) is 36.2 Å². The number of carboxylic acid groups (broad SMARTS) is 1. The minimum atomic E-state index is -0.928. The van der Waals surface area contributed by atoms with Crippen LogP contribution in [0.4, 0.5) is 0 Å². The SMILES string of the molecule is CC(NC(=O)COCCc1ccccc1)C(C)C(=O)O. The van der Waals surface area contributed by atoms with E-state index in [-0.39, 0.29) is 12.5 Å². The second-order valence-corrected chi connectivity index (χ2v) is 4.77. The molecular weight excluding hydrogens is 258 g/mol. The van der Waals surface area contributed by atoms with Gasteiger partial charge in [-0.15, -0.1) is 0 Å². The number of carboxylic acids is 1. The van der Waals surface area contributed by atoms with Crippen LogP contribution in [-0.2, 0) is 20.7 Å². The molecule has 0 spiro atoms. The Morgan fingerprint density at radius 2 is 1.90 bits per heavy atom. The Hall–Kier alpha value is -1.88. The lowest BCUT2D eigenvalue weighted by atomic mass is 10.0. The summed E-state index contributed by atoms with van der Waals surface area (Å²) < 4.78 is 5.28. The van der Waals surface area contributed by atoms with Crippen molar-refractivity contribution in [2.45, 2.75) is 26.3 Å². The van der Waals surface area contributed by atoms with Gasteiger partial charge in [0, 0.05) is 6.04 Å². The summed E-state index contributed by atoms with van der Waals surface area (Å²) in [4.78, 5) is 22.3. The van der Waals surface area contributed by atoms with Crippen LogP contribution < -0.4 is 5.32 Å². The second-order valence-electron chi connectivity index (χ2n) is 4.77. The standard InChI is InChI=1S/C15H21NO4/c1-11(15(18)19)12(2)16-14(17)10-20-9-8-13-6-4-3-5-7-13/h3-7,11-12H,8-10H2,1-2H3,(H,16,17)(H,18,19). The van der Waals surface area contributed by atoms with Crippen molar-refractivity contribution in [3.8, 4) is 0 Å². The van der Waals surface area contributed by atoms with Crippen LogP contribution in [0, 0.1) is 5.92 Å². The lowest BCUT2D eigenvalue weighted by Gasteiger charge is -2.17. The van der Waals surface area contributed by atoms with Crippen molar-refractivity contribution in [1.82, 2.24) is 5.32 Å². The molecule has 0 aliphatic carbocycles. The number of hydrogen-bond donors (Lipinski definition) is 2. The molecule has 20 heavy (non-hydrogen) atoms. The topological polar surface area (TPSA) is 75.6 Å². The zero-order valence-electron chi connectivity index (χ0n) is 11.8. The molecule has 1 aromatic rings. The monoisotopic (exact) mass is 279 g/mol. The Bertz CT molecular complexity index is 433. The molecule has 0 fully saturated rings. The van der Waals surface area contributed by atoms with E-state index in [1.54, 1.807) is 13.8 Å². The molecule has 110 valence electrons. The van der Waals surface area contributed by atoms with Gasteiger partial charge in [0.2, 0.25) is 5.91 Å². The highest BCUT2D eigenvalue weighted by Crippen LogP contribution is 2.02. The van der Waals surface area contributed by atoms with Crippen molar-refractivity contribution in [3.63, 3.8) is 0 Å². The van der Waals surface area contributed by atoms with E-state index in [2.05, 4.69) is 5.32 Å². The zero-order chi connectivity index (χ0) is 15.0. The molecule has 0 radical (unpaired) electrons. The lowest BCUT2D eigenvalue weighted by Crippen LogP contribution is -2.41. The third-order valence-electron chi connectivity index (χ3n) is 3.14. The summed E-state index contributed by atoms with van der Waals surface area (Å²) >= 11 is 0. The predicted molar refractivity (Wildman–Crippen MR) is 75.4 cm³/mol. The van der Waals surface area contributed by atoms with Gasteiger partial charge in [-0.2, -0.15) is 0 Å². The molecule has 5 heteroatoms. The smallest absolute Gasteiger partial charge is 0.308 e. The van der Waals surface area contributed by atoms with Gasteiger partial charge in [-0.3, -0.25) is 9.59 Å². The number of benzene rings is 1. The van der Waals surface area contributed by atoms with Gasteiger partial charge in [-0.1, -0.05) is 30.3 Å². The van der Waals surface area contributed by atoms with E-state index in [1.165, 1.54) is 0 Å². The Balaban J connectivity index is 2.19. The fourth-order valence-corrected chi connectivity index (χ4v) is 1.63. The average molecular weight is 279 g/mol. The first-order chi connectivity index (χ1) is 9.50. The van der Waals surface area contributed by atoms with Crippen molar-refractivity contribution >= 4 is 11.9 Å². The van der Waals surface area contributed by atoms with Crippen molar-refractivity contribution in [1.29, 1.82) is 0 Å². The van der Waals surface area contributed by atoms with Crippen LogP contribution in [0.1, 0.15) is 19.4 Å². The number of carbonyl (C=O) groups excluding carboxylic acids is 1. The largest absolute Gasteiger partial charge is 0.481 e. The van der Waals surface area contributed by atoms with E-state index in [4.69, 9.17) is 9.84 Å². The summed E-state index contributed by atoms with van der Waals surface area (Å²) in [5, 5.41) is 11.4. The fraction of sp³-hybridized carbons (Fsp3) is 0.467. The highest BCUT2D eigenvalue weighted by Gasteiger charge is 2.20. The summed E-state index contributed by atoms with van der Waals surface area (Å²) in [5.74, 6) is -1.84. The highest BCUT2D eigenvalue weighted by molar-refractivity contribution is 5.78. The molecule has 0 bridgehead atoms. The van der Waals surface area contributed by atoms with Gasteiger partial charge in [0.15, 0.2) is 0 Å². The third-order valence-corrected chi connectivity index (χ3v) is 3.14. The Morgan fingerprint density at radius 1 is 1.25 bits per heavy atom. The number of ether oxygens (including phenoxy) is 1. The summed E-state index contributed by atoms with van der Waals surface area (Å²) in [6.07, 6.45) is 0.745. The van der Waals surface area contributed by atoms with Crippen LogP contribution in [0.5, 0.6) is 0 Å². The van der Waals surface area contributed by atoms with Gasteiger partial charge in [-0.25, -0.2) is 0 Å². The molecule has 1 amide bonds. The van der Waals surface area contributed by atoms with E-state index >= 15 is 0 Å². The summed E-state index contributed by atoms with van der Waals surface area (Å²) in [6, 6.07) is 9.44. The van der Waals surface area contributed by atoms with Crippen LogP contribution in [0.3, 0.4) is 0 Å². The molecule has 2 N–H and O–H groups in total. The molecule has 0 heterocycles. The van der Waals surface area contributed by atoms with Crippen molar-refractivity contribution in [2.24, 2.45) is 5.92 Å². The maximum Gasteiger partial charge on any atom is 0.308 e. The van der Waals surface area contributed by atoms with E-state index < -0.39 is 17.9 Å². The number of hydrogen-bond acceptors (Lipinski definition) is 3. The minimum absolute atomic E-state index is 0.0521. The summed E-state index contributed by atoms with van der Waals surface area (Å²) in [5.41, 5.74) is 1.15. The maximum atomic E-state index is 11.6. The first kappa shape index (κ1) is 16.2. The molecule has 1 rings (SSSR count). The zero-order valence-corrected chi connectivity index (χ0v) is 11.8. The highest BCUT2D eigenvalue weighted by atomic mass is 16.5. The number of carbonyl (C=O) groups is 2. The van der Waals surface area contributed by atoms with Crippen LogP contribution in [0.15, 0.2) is 30.3 Å². The Labute approximate surface area is 118 Å². The number of rotatable bonds is 8.